The van der Waals surface area contributed by atoms with Crippen molar-refractivity contribution in [2.45, 2.75) is 26.8 Å². The van der Waals surface area contributed by atoms with E-state index >= 15 is 0 Å². The van der Waals surface area contributed by atoms with Crippen LogP contribution in [-0.2, 0) is 10.9 Å². The zero-order valence-corrected chi connectivity index (χ0v) is 11.1. The fourth-order valence-electron chi connectivity index (χ4n) is 1.76. The maximum atomic E-state index is 8.18. The lowest BCUT2D eigenvalue weighted by Gasteiger charge is -2.25. The Kier molecular flexibility index (Phi) is 3.04. The second-order valence-corrected chi connectivity index (χ2v) is 5.83. The van der Waals surface area contributed by atoms with Crippen LogP contribution in [0.25, 0.3) is 0 Å². The third-order valence-corrected chi connectivity index (χ3v) is 5.03. The van der Waals surface area contributed by atoms with Crippen LogP contribution in [-0.4, -0.2) is 11.0 Å². The lowest BCUT2D eigenvalue weighted by molar-refractivity contribution is 0.871. The third kappa shape index (κ3) is 1.76. The van der Waals surface area contributed by atoms with Crippen molar-refractivity contribution in [3.63, 3.8) is 0 Å². The highest BCUT2D eigenvalue weighted by Gasteiger charge is 2.29. The molecule has 0 bridgehead atoms. The van der Waals surface area contributed by atoms with Gasteiger partial charge in [-0.1, -0.05) is 11.6 Å². The van der Waals surface area contributed by atoms with Crippen molar-refractivity contribution in [1.29, 1.82) is 4.78 Å². The highest BCUT2D eigenvalue weighted by molar-refractivity contribution is 7.91. The first-order valence-electron chi connectivity index (χ1n) is 5.06. The predicted octanol–water partition coefficient (Wildman–Crippen LogP) is 3.53. The zero-order valence-electron chi connectivity index (χ0n) is 9.49. The number of aromatic nitrogens is 1. The number of allylic oxidation sites excluding steroid dienone is 1. The first-order valence-corrected chi connectivity index (χ1v) is 6.62. The van der Waals surface area contributed by atoms with Gasteiger partial charge in [-0.05, 0) is 38.5 Å². The van der Waals surface area contributed by atoms with Gasteiger partial charge in [0.25, 0.3) is 0 Å². The van der Waals surface area contributed by atoms with E-state index in [1.807, 2.05) is 13.0 Å². The summed E-state index contributed by atoms with van der Waals surface area (Å²) in [5, 5.41) is 0.488. The van der Waals surface area contributed by atoms with Gasteiger partial charge in [-0.2, -0.15) is 0 Å². The molecule has 0 fully saturated rings. The van der Waals surface area contributed by atoms with Crippen molar-refractivity contribution in [3.8, 4) is 0 Å². The van der Waals surface area contributed by atoms with E-state index in [0.29, 0.717) is 5.15 Å². The quantitative estimate of drug-likeness (QED) is 0.780. The lowest BCUT2D eigenvalue weighted by Crippen LogP contribution is -2.28. The summed E-state index contributed by atoms with van der Waals surface area (Å²) >= 11 is 5.76. The number of anilines is 1. The molecule has 2 unspecified atom stereocenters. The Morgan fingerprint density at radius 2 is 2.12 bits per heavy atom. The van der Waals surface area contributed by atoms with E-state index in [1.54, 1.807) is 12.3 Å². The van der Waals surface area contributed by atoms with E-state index in [0.717, 1.165) is 10.6 Å². The molecule has 1 aliphatic heterocycles. The molecule has 1 N–H and O–H groups in total. The van der Waals surface area contributed by atoms with Gasteiger partial charge in [0.15, 0.2) is 0 Å². The number of halogens is 1. The summed E-state index contributed by atoms with van der Waals surface area (Å²) in [5.41, 5.74) is 2.25. The van der Waals surface area contributed by atoms with Crippen LogP contribution in [0.1, 0.15) is 20.8 Å². The van der Waals surface area contributed by atoms with Gasteiger partial charge in [0, 0.05) is 15.8 Å². The molecule has 1 aromatic heterocycles. The molecule has 0 radical (unpaired) electrons. The van der Waals surface area contributed by atoms with Gasteiger partial charge >= 0.3 is 0 Å². The van der Waals surface area contributed by atoms with Crippen LogP contribution in [0.2, 0.25) is 5.15 Å². The van der Waals surface area contributed by atoms with Crippen molar-refractivity contribution >= 4 is 28.2 Å². The van der Waals surface area contributed by atoms with Crippen molar-refractivity contribution in [2.75, 3.05) is 4.31 Å². The molecule has 1 aliphatic rings. The van der Waals surface area contributed by atoms with Crippen molar-refractivity contribution in [1.82, 2.24) is 4.98 Å². The topological polar surface area (TPSA) is 40.0 Å². The van der Waals surface area contributed by atoms with Gasteiger partial charge in [0.1, 0.15) is 5.15 Å². The number of hydrogen-bond acceptors (Lipinski definition) is 2. The molecule has 16 heavy (non-hydrogen) atoms. The molecule has 3 nitrogen and oxygen atoms in total. The molecule has 2 heterocycles. The van der Waals surface area contributed by atoms with Crippen molar-refractivity contribution < 1.29 is 0 Å². The van der Waals surface area contributed by atoms with Crippen LogP contribution in [0.4, 0.5) is 5.69 Å². The minimum atomic E-state index is -0.593. The van der Waals surface area contributed by atoms with E-state index in [9.17, 15) is 0 Å². The minimum Gasteiger partial charge on any atom is -0.296 e. The Morgan fingerprint density at radius 1 is 1.44 bits per heavy atom. The van der Waals surface area contributed by atoms with Crippen LogP contribution >= 0.6 is 11.6 Å². The monoisotopic (exact) mass is 255 g/mol. The van der Waals surface area contributed by atoms with Gasteiger partial charge in [-0.3, -0.25) is 9.08 Å². The summed E-state index contributed by atoms with van der Waals surface area (Å²) in [6.45, 7) is 6.25. The van der Waals surface area contributed by atoms with E-state index in [-0.39, 0.29) is 6.04 Å². The molecule has 0 aromatic carbocycles. The summed E-state index contributed by atoms with van der Waals surface area (Å²) in [5.74, 6) is 0. The second kappa shape index (κ2) is 4.18. The van der Waals surface area contributed by atoms with Crippen LogP contribution in [0.3, 0.4) is 0 Å². The Bertz CT molecular complexity index is 467. The van der Waals surface area contributed by atoms with Crippen molar-refractivity contribution in [2.24, 2.45) is 0 Å². The van der Waals surface area contributed by atoms with Gasteiger partial charge in [-0.25, -0.2) is 4.98 Å². The highest BCUT2D eigenvalue weighted by atomic mass is 35.5. The molecule has 0 aliphatic carbocycles. The molecule has 0 spiro atoms. The molecule has 5 heteroatoms. The number of nitrogens with zero attached hydrogens (tertiary/aromatic N) is 2. The first-order chi connectivity index (χ1) is 7.52. The SMILES string of the molecule is CC1=C(C)S(=N)N(c2ccc(Cl)nc2)C1C. The van der Waals surface area contributed by atoms with E-state index in [1.165, 1.54) is 5.57 Å². The number of pyridine rings is 1. The molecule has 1 aromatic rings. The maximum Gasteiger partial charge on any atom is 0.129 e. The largest absolute Gasteiger partial charge is 0.296 e. The molecule has 2 atom stereocenters. The van der Waals surface area contributed by atoms with Crippen LogP contribution in [0.15, 0.2) is 28.8 Å². The molecular weight excluding hydrogens is 242 g/mol. The normalized spacial score (nSPS) is 25.4. The summed E-state index contributed by atoms with van der Waals surface area (Å²) in [6, 6.07) is 3.96. The molecular formula is C11H14ClN3S. The standard InChI is InChI=1S/C11H14ClN3S/c1-7-8(2)15(16(13)9(7)3)10-4-5-11(12)14-6-10/h4-6,8,13H,1-3H3. The molecule has 2 rings (SSSR count). The smallest absolute Gasteiger partial charge is 0.129 e. The Labute approximate surface area is 103 Å². The van der Waals surface area contributed by atoms with Gasteiger partial charge in [0.05, 0.1) is 17.9 Å². The van der Waals surface area contributed by atoms with E-state index in [4.69, 9.17) is 16.4 Å². The predicted molar refractivity (Wildman–Crippen MR) is 69.6 cm³/mol. The van der Waals surface area contributed by atoms with Gasteiger partial charge in [-0.15, -0.1) is 0 Å². The van der Waals surface area contributed by atoms with Crippen LogP contribution < -0.4 is 4.31 Å². The van der Waals surface area contributed by atoms with Crippen molar-refractivity contribution in [3.05, 3.63) is 34.0 Å². The maximum absolute atomic E-state index is 8.18. The number of nitrogens with one attached hydrogen (secondary N) is 1. The summed E-state index contributed by atoms with van der Waals surface area (Å²) in [4.78, 5) is 5.22. The molecule has 0 saturated carbocycles. The van der Waals surface area contributed by atoms with Gasteiger partial charge < -0.3 is 0 Å². The molecule has 0 saturated heterocycles. The zero-order chi connectivity index (χ0) is 11.9. The second-order valence-electron chi connectivity index (χ2n) is 3.86. The number of hydrogen-bond donors (Lipinski definition) is 1. The Balaban J connectivity index is 2.38. The highest BCUT2D eigenvalue weighted by Crippen LogP contribution is 2.33. The fraction of sp³-hybridized carbons (Fsp3) is 0.364. The lowest BCUT2D eigenvalue weighted by atomic mass is 10.1. The summed E-state index contributed by atoms with van der Waals surface area (Å²) < 4.78 is 10.3. The molecule has 0 amide bonds. The number of rotatable bonds is 1. The first kappa shape index (κ1) is 11.6. The molecule has 86 valence electrons. The summed E-state index contributed by atoms with van der Waals surface area (Å²) in [6.07, 6.45) is 1.74. The van der Waals surface area contributed by atoms with E-state index in [2.05, 4.69) is 23.1 Å². The van der Waals surface area contributed by atoms with E-state index < -0.39 is 10.9 Å². The van der Waals surface area contributed by atoms with Crippen LogP contribution in [0, 0.1) is 4.78 Å². The Hall–Kier alpha value is -0.870. The Morgan fingerprint density at radius 3 is 2.56 bits per heavy atom. The average Bonchev–Trinajstić information content (AvgIpc) is 2.46. The minimum absolute atomic E-state index is 0.267. The third-order valence-electron chi connectivity index (χ3n) is 2.99. The fourth-order valence-corrected chi connectivity index (χ4v) is 3.43. The van der Waals surface area contributed by atoms with Gasteiger partial charge in [0.2, 0.25) is 0 Å². The summed E-state index contributed by atoms with van der Waals surface area (Å²) in [7, 11) is -0.593. The van der Waals surface area contributed by atoms with Crippen LogP contribution in [0.5, 0.6) is 0 Å². The average molecular weight is 256 g/mol.